The molecular formula is C23H34N8O4. The summed E-state index contributed by atoms with van der Waals surface area (Å²) in [6.07, 6.45) is 2.19. The van der Waals surface area contributed by atoms with E-state index in [9.17, 15) is 14.7 Å². The molecule has 12 heteroatoms. The molecule has 35 heavy (non-hydrogen) atoms. The lowest BCUT2D eigenvalue weighted by Crippen LogP contribution is -2.47. The van der Waals surface area contributed by atoms with Gasteiger partial charge < -0.3 is 30.3 Å². The molecule has 190 valence electrons. The summed E-state index contributed by atoms with van der Waals surface area (Å²) in [4.78, 5) is 37.3. The van der Waals surface area contributed by atoms with Crippen LogP contribution >= 0.6 is 0 Å². The third kappa shape index (κ3) is 5.16. The summed E-state index contributed by atoms with van der Waals surface area (Å²) in [7, 11) is 0. The largest absolute Gasteiger partial charge is 0.465 e. The molecule has 2 aromatic rings. The number of aromatic nitrogens is 4. The predicted octanol–water partition coefficient (Wildman–Crippen LogP) is 2.65. The molecule has 4 rings (SSSR count). The number of hydrogen-bond donors (Lipinski definition) is 3. The van der Waals surface area contributed by atoms with Crippen molar-refractivity contribution in [2.45, 2.75) is 53.1 Å². The zero-order chi connectivity index (χ0) is 25.3. The highest BCUT2D eigenvalue weighted by Crippen LogP contribution is 2.44. The van der Waals surface area contributed by atoms with Crippen molar-refractivity contribution in [3.8, 4) is 5.95 Å². The molecule has 0 saturated carbocycles. The first-order valence-electron chi connectivity index (χ1n) is 11.9. The molecule has 3 amide bonds. The van der Waals surface area contributed by atoms with Crippen LogP contribution in [-0.4, -0.2) is 80.8 Å². The number of rotatable bonds is 4. The van der Waals surface area contributed by atoms with Gasteiger partial charge in [0.1, 0.15) is 5.82 Å². The molecule has 2 aromatic heterocycles. The molecule has 2 aliphatic heterocycles. The van der Waals surface area contributed by atoms with Crippen molar-refractivity contribution < 1.29 is 19.4 Å². The van der Waals surface area contributed by atoms with E-state index in [4.69, 9.17) is 14.7 Å². The average Bonchev–Trinajstić information content (AvgIpc) is 3.25. The second kappa shape index (κ2) is 9.68. The van der Waals surface area contributed by atoms with Gasteiger partial charge in [0.15, 0.2) is 0 Å². The normalized spacial score (nSPS) is 20.4. The molecule has 4 heterocycles. The van der Waals surface area contributed by atoms with Gasteiger partial charge in [-0.2, -0.15) is 10.1 Å². The fraction of sp³-hybridized carbons (Fsp3) is 0.609. The quantitative estimate of drug-likeness (QED) is 0.600. The van der Waals surface area contributed by atoms with E-state index in [-0.39, 0.29) is 30.0 Å². The number of ether oxygens (including phenoxy) is 1. The van der Waals surface area contributed by atoms with E-state index in [0.29, 0.717) is 50.2 Å². The monoisotopic (exact) mass is 486 g/mol. The number of urea groups is 1. The van der Waals surface area contributed by atoms with Crippen LogP contribution in [0.25, 0.3) is 5.95 Å². The SMILES string of the molecule is CCNC(=O)Nc1cnn(-c2nc3c(c(N4CCOCC4C)n2)[C@H](C(C)(C)C)CN(C(=O)O)C3)c1. The Morgan fingerprint density at radius 2 is 2.06 bits per heavy atom. The van der Waals surface area contributed by atoms with E-state index in [1.807, 2.05) is 6.92 Å². The highest BCUT2D eigenvalue weighted by Gasteiger charge is 2.40. The number of carbonyl (C=O) groups is 2. The van der Waals surface area contributed by atoms with Crippen molar-refractivity contribution in [2.24, 2.45) is 5.41 Å². The van der Waals surface area contributed by atoms with E-state index in [0.717, 1.165) is 11.4 Å². The summed E-state index contributed by atoms with van der Waals surface area (Å²) < 4.78 is 7.16. The van der Waals surface area contributed by atoms with Crippen molar-refractivity contribution in [1.29, 1.82) is 0 Å². The highest BCUT2D eigenvalue weighted by atomic mass is 16.5. The number of fused-ring (bicyclic) bond motifs is 1. The number of hydrogen-bond acceptors (Lipinski definition) is 7. The third-order valence-electron chi connectivity index (χ3n) is 6.42. The van der Waals surface area contributed by atoms with Gasteiger partial charge in [-0.1, -0.05) is 20.8 Å². The van der Waals surface area contributed by atoms with Crippen LogP contribution in [-0.2, 0) is 11.3 Å². The number of nitrogens with one attached hydrogen (secondary N) is 2. The summed E-state index contributed by atoms with van der Waals surface area (Å²) in [5.41, 5.74) is 1.94. The minimum absolute atomic E-state index is 0.0889. The molecule has 12 nitrogen and oxygen atoms in total. The molecule has 2 atom stereocenters. The molecular weight excluding hydrogens is 452 g/mol. The molecule has 0 aromatic carbocycles. The van der Waals surface area contributed by atoms with E-state index >= 15 is 0 Å². The molecule has 1 unspecified atom stereocenters. The summed E-state index contributed by atoms with van der Waals surface area (Å²) in [5.74, 6) is 1.02. The number of amides is 3. The fourth-order valence-electron chi connectivity index (χ4n) is 4.57. The summed E-state index contributed by atoms with van der Waals surface area (Å²) in [5, 5.41) is 19.6. The summed E-state index contributed by atoms with van der Waals surface area (Å²) in [6.45, 7) is 13.2. The zero-order valence-electron chi connectivity index (χ0n) is 20.9. The van der Waals surface area contributed by atoms with Gasteiger partial charge in [-0.25, -0.2) is 19.3 Å². The number of anilines is 2. The number of carboxylic acid groups (broad SMARTS) is 1. The van der Waals surface area contributed by atoms with Crippen LogP contribution in [0, 0.1) is 5.41 Å². The van der Waals surface area contributed by atoms with E-state index in [2.05, 4.69) is 48.3 Å². The Bertz CT molecular complexity index is 1100. The van der Waals surface area contributed by atoms with Gasteiger partial charge in [-0.3, -0.25) is 0 Å². The van der Waals surface area contributed by atoms with Crippen LogP contribution in [0.4, 0.5) is 21.1 Å². The maximum atomic E-state index is 12.0. The van der Waals surface area contributed by atoms with Crippen molar-refractivity contribution in [1.82, 2.24) is 30.0 Å². The number of carbonyl (C=O) groups excluding carboxylic acids is 1. The van der Waals surface area contributed by atoms with E-state index < -0.39 is 6.09 Å². The molecule has 1 saturated heterocycles. The van der Waals surface area contributed by atoms with Gasteiger partial charge in [-0.15, -0.1) is 0 Å². The predicted molar refractivity (Wildman–Crippen MR) is 130 cm³/mol. The average molecular weight is 487 g/mol. The van der Waals surface area contributed by atoms with Crippen molar-refractivity contribution >= 4 is 23.6 Å². The Kier molecular flexibility index (Phi) is 6.84. The van der Waals surface area contributed by atoms with Gasteiger partial charge in [0.05, 0.1) is 49.6 Å². The minimum Gasteiger partial charge on any atom is -0.465 e. The van der Waals surface area contributed by atoms with Crippen LogP contribution in [0.15, 0.2) is 12.4 Å². The van der Waals surface area contributed by atoms with Gasteiger partial charge >= 0.3 is 12.1 Å². The number of morpholine rings is 1. The van der Waals surface area contributed by atoms with Crippen molar-refractivity contribution in [2.75, 3.05) is 43.1 Å². The first kappa shape index (κ1) is 24.7. The summed E-state index contributed by atoms with van der Waals surface area (Å²) in [6, 6.07) is -0.229. The molecule has 0 spiro atoms. The second-order valence-electron chi connectivity index (χ2n) is 10.1. The Morgan fingerprint density at radius 3 is 2.71 bits per heavy atom. The van der Waals surface area contributed by atoms with Crippen LogP contribution in [0.3, 0.4) is 0 Å². The van der Waals surface area contributed by atoms with Crippen molar-refractivity contribution in [3.63, 3.8) is 0 Å². The van der Waals surface area contributed by atoms with Crippen LogP contribution in [0.5, 0.6) is 0 Å². The first-order chi connectivity index (χ1) is 16.6. The van der Waals surface area contributed by atoms with E-state index in [1.165, 1.54) is 15.8 Å². The second-order valence-corrected chi connectivity index (χ2v) is 10.1. The Balaban J connectivity index is 1.82. The van der Waals surface area contributed by atoms with Gasteiger partial charge in [0, 0.05) is 31.1 Å². The maximum absolute atomic E-state index is 12.0. The maximum Gasteiger partial charge on any atom is 0.407 e. The van der Waals surface area contributed by atoms with Crippen LogP contribution < -0.4 is 15.5 Å². The van der Waals surface area contributed by atoms with Gasteiger partial charge in [0.2, 0.25) is 0 Å². The standard InChI is InChI=1S/C23H34N8O4/c1-6-24-21(32)26-15-9-25-31(10-15)20-27-17-12-29(22(33)34)11-16(23(3,4)5)18(17)19(28-20)30-7-8-35-13-14(30)2/h9-10,14,16H,6-8,11-13H2,1-5H3,(H,33,34)(H2,24,26,32)/t14?,16-/m1/s1. The van der Waals surface area contributed by atoms with Crippen molar-refractivity contribution in [3.05, 3.63) is 23.7 Å². The van der Waals surface area contributed by atoms with Crippen LogP contribution in [0.2, 0.25) is 0 Å². The minimum atomic E-state index is -0.973. The van der Waals surface area contributed by atoms with E-state index in [1.54, 1.807) is 6.20 Å². The molecule has 1 fully saturated rings. The molecule has 2 aliphatic rings. The van der Waals surface area contributed by atoms with Crippen LogP contribution in [0.1, 0.15) is 51.8 Å². The Hall–Kier alpha value is -3.41. The van der Waals surface area contributed by atoms with Gasteiger partial charge in [-0.05, 0) is 19.3 Å². The lowest BCUT2D eigenvalue weighted by atomic mass is 9.74. The molecule has 0 bridgehead atoms. The molecule has 3 N–H and O–H groups in total. The molecule has 0 aliphatic carbocycles. The first-order valence-corrected chi connectivity index (χ1v) is 11.9. The Morgan fingerprint density at radius 1 is 1.29 bits per heavy atom. The smallest absolute Gasteiger partial charge is 0.407 e. The highest BCUT2D eigenvalue weighted by molar-refractivity contribution is 5.88. The zero-order valence-corrected chi connectivity index (χ0v) is 20.9. The Labute approximate surface area is 204 Å². The topological polar surface area (TPSA) is 138 Å². The lowest BCUT2D eigenvalue weighted by molar-refractivity contribution is 0.0976. The number of nitrogens with zero attached hydrogens (tertiary/aromatic N) is 6. The fourth-order valence-corrected chi connectivity index (χ4v) is 4.57. The van der Waals surface area contributed by atoms with Gasteiger partial charge in [0.25, 0.3) is 5.95 Å². The molecule has 0 radical (unpaired) electrons. The lowest BCUT2D eigenvalue weighted by Gasteiger charge is -2.43. The summed E-state index contributed by atoms with van der Waals surface area (Å²) >= 11 is 0. The third-order valence-corrected chi connectivity index (χ3v) is 6.42.